The molecule has 0 unspecified atom stereocenters. The predicted octanol–water partition coefficient (Wildman–Crippen LogP) is 2.91. The Balaban J connectivity index is 1.68. The number of rotatable bonds is 8. The molecule has 0 aliphatic heterocycles. The zero-order chi connectivity index (χ0) is 24.2. The number of aromatic nitrogens is 2. The van der Waals surface area contributed by atoms with Crippen molar-refractivity contribution in [3.63, 3.8) is 0 Å². The second kappa shape index (κ2) is 9.55. The number of aryl methyl sites for hydroxylation is 2. The maximum Gasteiger partial charge on any atom is 0.264 e. The second-order valence-electron chi connectivity index (χ2n) is 7.14. The van der Waals surface area contributed by atoms with Crippen LogP contribution >= 0.6 is 0 Å². The zero-order valence-corrected chi connectivity index (χ0v) is 19.8. The lowest BCUT2D eigenvalue weighted by atomic mass is 10.2. The van der Waals surface area contributed by atoms with Gasteiger partial charge in [-0.05, 0) is 75.4 Å². The third-order valence-corrected chi connectivity index (χ3v) is 7.08. The molecule has 10 nitrogen and oxygen atoms in total. The van der Waals surface area contributed by atoms with Crippen LogP contribution in [0, 0.1) is 13.8 Å². The van der Waals surface area contributed by atoms with Gasteiger partial charge in [0, 0.05) is 28.3 Å². The molecule has 0 saturated heterocycles. The number of nitrogens with one attached hydrogen (secondary N) is 3. The van der Waals surface area contributed by atoms with E-state index in [9.17, 15) is 21.6 Å². The summed E-state index contributed by atoms with van der Waals surface area (Å²) in [5.41, 5.74) is 2.31. The first kappa shape index (κ1) is 24.1. The predicted molar refractivity (Wildman–Crippen MR) is 126 cm³/mol. The molecule has 1 heterocycles. The van der Waals surface area contributed by atoms with E-state index in [0.29, 0.717) is 28.3 Å². The highest BCUT2D eigenvalue weighted by Gasteiger charge is 2.17. The van der Waals surface area contributed by atoms with Gasteiger partial charge in [-0.3, -0.25) is 9.52 Å². The van der Waals surface area contributed by atoms with Crippen LogP contribution in [-0.2, 0) is 20.0 Å². The Labute approximate surface area is 192 Å². The fourth-order valence-corrected chi connectivity index (χ4v) is 4.40. The summed E-state index contributed by atoms with van der Waals surface area (Å²) in [5.74, 6) is -0.513. The molecule has 3 rings (SSSR count). The zero-order valence-electron chi connectivity index (χ0n) is 18.2. The molecule has 1 amide bonds. The average molecular weight is 490 g/mol. The molecule has 3 aromatic rings. The molecule has 0 bridgehead atoms. The number of carbonyl (C=O) groups excluding carboxylic acids is 1. The molecular weight excluding hydrogens is 466 g/mol. The molecule has 2 aromatic carbocycles. The second-order valence-corrected chi connectivity index (χ2v) is 10.8. The summed E-state index contributed by atoms with van der Waals surface area (Å²) < 4.78 is 53.2. The van der Waals surface area contributed by atoms with Gasteiger partial charge in [-0.15, -0.1) is 0 Å². The Morgan fingerprint density at radius 2 is 1.36 bits per heavy atom. The molecule has 174 valence electrons. The Kier molecular flexibility index (Phi) is 6.98. The summed E-state index contributed by atoms with van der Waals surface area (Å²) in [4.78, 5) is 20.6. The Hall–Kier alpha value is -3.51. The van der Waals surface area contributed by atoms with Crippen molar-refractivity contribution in [1.82, 2.24) is 9.97 Å². The van der Waals surface area contributed by atoms with E-state index in [1.54, 1.807) is 19.9 Å². The molecule has 0 saturated carbocycles. The topological polar surface area (TPSA) is 147 Å². The Morgan fingerprint density at radius 1 is 0.818 bits per heavy atom. The summed E-state index contributed by atoms with van der Waals surface area (Å²) in [6.07, 6.45) is 0. The van der Waals surface area contributed by atoms with Crippen LogP contribution in [0.3, 0.4) is 0 Å². The van der Waals surface area contributed by atoms with Crippen molar-refractivity contribution in [2.45, 2.75) is 25.7 Å². The van der Waals surface area contributed by atoms with Gasteiger partial charge in [0.15, 0.2) is 0 Å². The van der Waals surface area contributed by atoms with Crippen LogP contribution in [0.4, 0.5) is 17.3 Å². The van der Waals surface area contributed by atoms with Gasteiger partial charge in [-0.1, -0.05) is 0 Å². The van der Waals surface area contributed by atoms with Crippen molar-refractivity contribution in [2.75, 3.05) is 20.5 Å². The van der Waals surface area contributed by atoms with Crippen LogP contribution in [-0.4, -0.2) is 38.5 Å². The number of hydrogen-bond donors (Lipinski definition) is 3. The standard InChI is InChI=1S/C21H23N5O5S2/c1-4-32(28,29)25-18-7-5-16(6-8-18)20(27)24-17-9-11-19(12-10-17)33(30,31)26-21-22-14(2)13-15(3)23-21/h5-13,25H,4H2,1-3H3,(H,24,27)(H,22,23,26). The Morgan fingerprint density at radius 3 is 1.91 bits per heavy atom. The van der Waals surface area contributed by atoms with Gasteiger partial charge >= 0.3 is 0 Å². The van der Waals surface area contributed by atoms with Crippen molar-refractivity contribution in [3.8, 4) is 0 Å². The van der Waals surface area contributed by atoms with E-state index < -0.39 is 26.0 Å². The number of anilines is 3. The quantitative estimate of drug-likeness (QED) is 0.441. The number of benzene rings is 2. The van der Waals surface area contributed by atoms with Gasteiger partial charge in [-0.25, -0.2) is 31.5 Å². The van der Waals surface area contributed by atoms with Gasteiger partial charge in [0.2, 0.25) is 16.0 Å². The minimum atomic E-state index is -3.91. The fourth-order valence-electron chi connectivity index (χ4n) is 2.81. The van der Waals surface area contributed by atoms with Crippen molar-refractivity contribution in [3.05, 3.63) is 71.5 Å². The van der Waals surface area contributed by atoms with E-state index in [1.165, 1.54) is 55.5 Å². The maximum absolute atomic E-state index is 12.6. The first-order chi connectivity index (χ1) is 15.5. The summed E-state index contributed by atoms with van der Waals surface area (Å²) >= 11 is 0. The largest absolute Gasteiger partial charge is 0.322 e. The van der Waals surface area contributed by atoms with Gasteiger partial charge in [-0.2, -0.15) is 0 Å². The van der Waals surface area contributed by atoms with Crippen molar-refractivity contribution < 1.29 is 21.6 Å². The molecule has 3 N–H and O–H groups in total. The minimum Gasteiger partial charge on any atom is -0.322 e. The molecule has 0 aliphatic rings. The molecule has 0 atom stereocenters. The number of nitrogens with zero attached hydrogens (tertiary/aromatic N) is 2. The van der Waals surface area contributed by atoms with Crippen molar-refractivity contribution in [1.29, 1.82) is 0 Å². The van der Waals surface area contributed by atoms with E-state index in [-0.39, 0.29) is 16.6 Å². The molecule has 33 heavy (non-hydrogen) atoms. The highest BCUT2D eigenvalue weighted by molar-refractivity contribution is 7.93. The third kappa shape index (κ3) is 6.49. The third-order valence-electron chi connectivity index (χ3n) is 4.43. The molecule has 0 radical (unpaired) electrons. The lowest BCUT2D eigenvalue weighted by molar-refractivity contribution is 0.102. The lowest BCUT2D eigenvalue weighted by Gasteiger charge is -2.10. The van der Waals surface area contributed by atoms with Crippen LogP contribution in [0.25, 0.3) is 0 Å². The molecule has 0 fully saturated rings. The molecule has 1 aromatic heterocycles. The monoisotopic (exact) mass is 489 g/mol. The highest BCUT2D eigenvalue weighted by atomic mass is 32.2. The van der Waals surface area contributed by atoms with Crippen molar-refractivity contribution in [2.24, 2.45) is 0 Å². The van der Waals surface area contributed by atoms with Crippen molar-refractivity contribution >= 4 is 43.3 Å². The maximum atomic E-state index is 12.6. The van der Waals surface area contributed by atoms with Gasteiger partial charge < -0.3 is 5.32 Å². The van der Waals surface area contributed by atoms with E-state index >= 15 is 0 Å². The number of amides is 1. The van der Waals surface area contributed by atoms with E-state index in [0.717, 1.165) is 0 Å². The summed E-state index contributed by atoms with van der Waals surface area (Å²) in [7, 11) is -7.32. The van der Waals surface area contributed by atoms with Gasteiger partial charge in [0.1, 0.15) is 0 Å². The lowest BCUT2D eigenvalue weighted by Crippen LogP contribution is -2.16. The molecular formula is C21H23N5O5S2. The van der Waals surface area contributed by atoms with Gasteiger partial charge in [0.05, 0.1) is 10.6 Å². The van der Waals surface area contributed by atoms with Crippen LogP contribution in [0.1, 0.15) is 28.7 Å². The van der Waals surface area contributed by atoms with Crippen LogP contribution in [0.5, 0.6) is 0 Å². The Bertz CT molecular complexity index is 1350. The normalized spacial score (nSPS) is 11.6. The average Bonchev–Trinajstić information content (AvgIpc) is 2.73. The highest BCUT2D eigenvalue weighted by Crippen LogP contribution is 2.18. The summed E-state index contributed by atoms with van der Waals surface area (Å²) in [6.45, 7) is 5.00. The van der Waals surface area contributed by atoms with Crippen LogP contribution in [0.15, 0.2) is 59.5 Å². The SMILES string of the molecule is CCS(=O)(=O)Nc1ccc(C(=O)Nc2ccc(S(=O)(=O)Nc3nc(C)cc(C)n3)cc2)cc1. The molecule has 12 heteroatoms. The summed E-state index contributed by atoms with van der Waals surface area (Å²) in [6, 6.07) is 13.3. The number of carbonyl (C=O) groups is 1. The smallest absolute Gasteiger partial charge is 0.264 e. The van der Waals surface area contributed by atoms with E-state index in [2.05, 4.69) is 24.7 Å². The number of sulfonamides is 2. The van der Waals surface area contributed by atoms with E-state index in [1.807, 2.05) is 0 Å². The molecule has 0 aliphatic carbocycles. The first-order valence-corrected chi connectivity index (χ1v) is 13.0. The minimum absolute atomic E-state index is 0.0178. The molecule has 0 spiro atoms. The summed E-state index contributed by atoms with van der Waals surface area (Å²) in [5, 5.41) is 2.66. The van der Waals surface area contributed by atoms with E-state index in [4.69, 9.17) is 0 Å². The number of hydrogen-bond acceptors (Lipinski definition) is 7. The fraction of sp³-hybridized carbons (Fsp3) is 0.190. The van der Waals surface area contributed by atoms with Gasteiger partial charge in [0.25, 0.3) is 15.9 Å². The van der Waals surface area contributed by atoms with Crippen LogP contribution in [0.2, 0.25) is 0 Å². The first-order valence-electron chi connectivity index (χ1n) is 9.84. The van der Waals surface area contributed by atoms with Crippen LogP contribution < -0.4 is 14.8 Å².